The second kappa shape index (κ2) is 9.50. The van der Waals surface area contributed by atoms with Gasteiger partial charge in [-0.1, -0.05) is 18.5 Å². The topological polar surface area (TPSA) is 98.8 Å². The number of hydrogen-bond acceptors (Lipinski definition) is 5. The molecule has 2 N–H and O–H groups in total. The summed E-state index contributed by atoms with van der Waals surface area (Å²) in [5.74, 6) is -0.412. The Labute approximate surface area is 164 Å². The van der Waals surface area contributed by atoms with Gasteiger partial charge in [-0.3, -0.25) is 15.0 Å². The normalized spacial score (nSPS) is 17.3. The van der Waals surface area contributed by atoms with Crippen LogP contribution in [0.5, 0.6) is 0 Å². The molecule has 2 rings (SSSR count). The number of nitrogens with zero attached hydrogens (tertiary/aromatic N) is 2. The first-order valence-electron chi connectivity index (χ1n) is 8.80. The number of carbonyl (C=O) groups is 2. The van der Waals surface area contributed by atoms with Crippen LogP contribution in [0.2, 0.25) is 5.02 Å². The Kier molecular flexibility index (Phi) is 7.60. The highest BCUT2D eigenvalue weighted by Crippen LogP contribution is 2.19. The third-order valence-electron chi connectivity index (χ3n) is 4.39. The molecule has 1 aromatic rings. The maximum Gasteiger partial charge on any atom is 0.321 e. The molecule has 1 aliphatic rings. The summed E-state index contributed by atoms with van der Waals surface area (Å²) in [6.45, 7) is 5.20. The molecule has 8 nitrogen and oxygen atoms in total. The molecule has 1 heterocycles. The number of imide groups is 1. The molecule has 1 atom stereocenters. The first-order valence-corrected chi connectivity index (χ1v) is 10.6. The van der Waals surface area contributed by atoms with E-state index in [1.807, 2.05) is 18.7 Å². The number of hydrogen-bond donors (Lipinski definition) is 2. The number of urea groups is 1. The van der Waals surface area contributed by atoms with Crippen molar-refractivity contribution in [3.8, 4) is 0 Å². The minimum absolute atomic E-state index is 0.0144. The minimum atomic E-state index is -3.58. The molecule has 0 unspecified atom stereocenters. The van der Waals surface area contributed by atoms with E-state index in [4.69, 9.17) is 11.6 Å². The van der Waals surface area contributed by atoms with Gasteiger partial charge in [0.1, 0.15) is 0 Å². The molecular weight excluding hydrogens is 392 g/mol. The Bertz CT molecular complexity index is 762. The molecule has 27 heavy (non-hydrogen) atoms. The summed E-state index contributed by atoms with van der Waals surface area (Å²) in [7, 11) is -3.58. The summed E-state index contributed by atoms with van der Waals surface area (Å²) in [6, 6.07) is 5.51. The Morgan fingerprint density at radius 2 is 1.74 bits per heavy atom. The van der Waals surface area contributed by atoms with Crippen LogP contribution in [0.3, 0.4) is 0 Å². The van der Waals surface area contributed by atoms with Gasteiger partial charge in [0.25, 0.3) is 0 Å². The van der Waals surface area contributed by atoms with Crippen LogP contribution in [0, 0.1) is 0 Å². The van der Waals surface area contributed by atoms with Gasteiger partial charge < -0.3 is 5.32 Å². The highest BCUT2D eigenvalue weighted by Gasteiger charge is 2.29. The van der Waals surface area contributed by atoms with Crippen molar-refractivity contribution in [2.75, 3.05) is 32.7 Å². The molecule has 0 bridgehead atoms. The van der Waals surface area contributed by atoms with E-state index in [0.29, 0.717) is 18.1 Å². The quantitative estimate of drug-likeness (QED) is 0.727. The number of amides is 3. The van der Waals surface area contributed by atoms with E-state index in [1.54, 1.807) is 12.1 Å². The Morgan fingerprint density at radius 3 is 2.30 bits per heavy atom. The third-order valence-corrected chi connectivity index (χ3v) is 6.56. The van der Waals surface area contributed by atoms with Crippen LogP contribution < -0.4 is 10.6 Å². The highest BCUT2D eigenvalue weighted by molar-refractivity contribution is 7.89. The smallest absolute Gasteiger partial charge is 0.321 e. The molecule has 0 aromatic heterocycles. The SMILES string of the molecule is CC[C@H](C)NC(=O)NC(=O)CN1CCN(S(=O)(=O)c2ccc(Cl)cc2)CC1. The van der Waals surface area contributed by atoms with Crippen LogP contribution in [0.1, 0.15) is 20.3 Å². The average Bonchev–Trinajstić information content (AvgIpc) is 2.62. The minimum Gasteiger partial charge on any atom is -0.335 e. The van der Waals surface area contributed by atoms with Gasteiger partial charge in [0.15, 0.2) is 0 Å². The molecule has 150 valence electrons. The van der Waals surface area contributed by atoms with E-state index in [1.165, 1.54) is 16.4 Å². The van der Waals surface area contributed by atoms with Crippen LogP contribution in [0.4, 0.5) is 4.79 Å². The predicted molar refractivity (Wildman–Crippen MR) is 103 cm³/mol. The zero-order valence-electron chi connectivity index (χ0n) is 15.4. The Balaban J connectivity index is 1.83. The van der Waals surface area contributed by atoms with Gasteiger partial charge in [-0.2, -0.15) is 4.31 Å². The molecule has 0 radical (unpaired) electrons. The first kappa shape index (κ1) is 21.6. The largest absolute Gasteiger partial charge is 0.335 e. The lowest BCUT2D eigenvalue weighted by atomic mass is 10.3. The Morgan fingerprint density at radius 1 is 1.15 bits per heavy atom. The molecule has 1 saturated heterocycles. The average molecular weight is 417 g/mol. The number of rotatable bonds is 6. The molecule has 1 aromatic carbocycles. The van der Waals surface area contributed by atoms with Crippen LogP contribution in [0.25, 0.3) is 0 Å². The zero-order chi connectivity index (χ0) is 20.0. The van der Waals surface area contributed by atoms with Crippen molar-refractivity contribution >= 4 is 33.6 Å². The van der Waals surface area contributed by atoms with Crippen molar-refractivity contribution in [1.29, 1.82) is 0 Å². The Hall–Kier alpha value is -1.68. The van der Waals surface area contributed by atoms with Gasteiger partial charge in [-0.05, 0) is 37.6 Å². The van der Waals surface area contributed by atoms with Crippen molar-refractivity contribution in [3.63, 3.8) is 0 Å². The lowest BCUT2D eigenvalue weighted by molar-refractivity contribution is -0.121. The fourth-order valence-electron chi connectivity index (χ4n) is 2.61. The van der Waals surface area contributed by atoms with Crippen LogP contribution in [0.15, 0.2) is 29.2 Å². The van der Waals surface area contributed by atoms with Crippen molar-refractivity contribution < 1.29 is 18.0 Å². The number of sulfonamides is 1. The second-order valence-corrected chi connectivity index (χ2v) is 8.84. The van der Waals surface area contributed by atoms with Gasteiger partial charge in [0, 0.05) is 37.2 Å². The number of halogens is 1. The summed E-state index contributed by atoms with van der Waals surface area (Å²) >= 11 is 5.81. The van der Waals surface area contributed by atoms with Crippen LogP contribution >= 0.6 is 11.6 Å². The predicted octanol–water partition coefficient (Wildman–Crippen LogP) is 1.27. The standard InChI is InChI=1S/C17H25ClN4O4S/c1-3-13(2)19-17(24)20-16(23)12-21-8-10-22(11-9-21)27(25,26)15-6-4-14(18)5-7-15/h4-7,13H,3,8-12H2,1-2H3,(H2,19,20,23,24)/t13-/m0/s1. The summed E-state index contributed by atoms with van der Waals surface area (Å²) in [6.07, 6.45) is 0.770. The van der Waals surface area contributed by atoms with E-state index in [-0.39, 0.29) is 30.6 Å². The van der Waals surface area contributed by atoms with Crippen molar-refractivity contribution in [2.24, 2.45) is 0 Å². The van der Waals surface area contributed by atoms with Crippen molar-refractivity contribution in [1.82, 2.24) is 19.8 Å². The molecule has 0 saturated carbocycles. The van der Waals surface area contributed by atoms with E-state index < -0.39 is 22.0 Å². The van der Waals surface area contributed by atoms with E-state index in [9.17, 15) is 18.0 Å². The lowest BCUT2D eigenvalue weighted by Gasteiger charge is -2.33. The summed E-state index contributed by atoms with van der Waals surface area (Å²) in [5.41, 5.74) is 0. The number of benzene rings is 1. The van der Waals surface area contributed by atoms with Gasteiger partial charge in [0.05, 0.1) is 11.4 Å². The fraction of sp³-hybridized carbons (Fsp3) is 0.529. The first-order chi connectivity index (χ1) is 12.7. The monoisotopic (exact) mass is 416 g/mol. The summed E-state index contributed by atoms with van der Waals surface area (Å²) < 4.78 is 26.7. The van der Waals surface area contributed by atoms with Crippen LogP contribution in [-0.4, -0.2) is 68.3 Å². The molecule has 0 aliphatic carbocycles. The van der Waals surface area contributed by atoms with E-state index >= 15 is 0 Å². The van der Waals surface area contributed by atoms with Crippen LogP contribution in [-0.2, 0) is 14.8 Å². The van der Waals surface area contributed by atoms with Gasteiger partial charge >= 0.3 is 6.03 Å². The summed E-state index contributed by atoms with van der Waals surface area (Å²) in [5, 5.41) is 5.42. The highest BCUT2D eigenvalue weighted by atomic mass is 35.5. The second-order valence-electron chi connectivity index (χ2n) is 6.47. The fourth-order valence-corrected chi connectivity index (χ4v) is 4.16. The lowest BCUT2D eigenvalue weighted by Crippen LogP contribution is -2.52. The molecule has 3 amide bonds. The van der Waals surface area contributed by atoms with Gasteiger partial charge in [-0.25, -0.2) is 13.2 Å². The molecule has 10 heteroatoms. The molecular formula is C17H25ClN4O4S. The third kappa shape index (κ3) is 6.17. The van der Waals surface area contributed by atoms with Crippen molar-refractivity contribution in [2.45, 2.75) is 31.2 Å². The molecule has 1 fully saturated rings. The molecule has 0 spiro atoms. The van der Waals surface area contributed by atoms with E-state index in [0.717, 1.165) is 6.42 Å². The van der Waals surface area contributed by atoms with Gasteiger partial charge in [0.2, 0.25) is 15.9 Å². The maximum atomic E-state index is 12.6. The van der Waals surface area contributed by atoms with Gasteiger partial charge in [-0.15, -0.1) is 0 Å². The number of carbonyl (C=O) groups excluding carboxylic acids is 2. The van der Waals surface area contributed by atoms with Crippen molar-refractivity contribution in [3.05, 3.63) is 29.3 Å². The number of piperazine rings is 1. The van der Waals surface area contributed by atoms with E-state index in [2.05, 4.69) is 10.6 Å². The number of nitrogens with one attached hydrogen (secondary N) is 2. The molecule has 1 aliphatic heterocycles. The summed E-state index contributed by atoms with van der Waals surface area (Å²) in [4.78, 5) is 25.6. The zero-order valence-corrected chi connectivity index (χ0v) is 17.0. The maximum absolute atomic E-state index is 12.6.